The van der Waals surface area contributed by atoms with E-state index in [1.807, 2.05) is 12.1 Å². The summed E-state index contributed by atoms with van der Waals surface area (Å²) in [6, 6.07) is 7.02. The maximum atomic E-state index is 10.6. The minimum absolute atomic E-state index is 0.286. The van der Waals surface area contributed by atoms with Crippen molar-refractivity contribution in [2.24, 2.45) is 0 Å². The fourth-order valence-electron chi connectivity index (χ4n) is 4.61. The fraction of sp³-hybridized carbons (Fsp3) is 0.368. The van der Waals surface area contributed by atoms with Gasteiger partial charge in [-0.25, -0.2) is 0 Å². The van der Waals surface area contributed by atoms with Gasteiger partial charge in [-0.05, 0) is 49.9 Å². The van der Waals surface area contributed by atoms with Gasteiger partial charge in [0, 0.05) is 27.7 Å². The van der Waals surface area contributed by atoms with Crippen LogP contribution in [0.3, 0.4) is 0 Å². The van der Waals surface area contributed by atoms with E-state index in [4.69, 9.17) is 9.47 Å². The third-order valence-corrected chi connectivity index (χ3v) is 5.50. The van der Waals surface area contributed by atoms with Gasteiger partial charge in [0.25, 0.3) is 0 Å². The molecule has 0 unspecified atom stereocenters. The van der Waals surface area contributed by atoms with Gasteiger partial charge < -0.3 is 19.7 Å². The number of benzene rings is 2. The van der Waals surface area contributed by atoms with Crippen molar-refractivity contribution in [1.82, 2.24) is 0 Å². The predicted molar refractivity (Wildman–Crippen MR) is 86.7 cm³/mol. The standard InChI is InChI=1S/C19H20O4/c1-22-15-5-3-13(20)17-11(15)7-9-19(17)10-8-12-16(23-2)6-4-14(21)18(12)19/h3-6,20-21H,7-10H2,1-2H3. The molecule has 0 amide bonds. The highest BCUT2D eigenvalue weighted by Crippen LogP contribution is 2.59. The van der Waals surface area contributed by atoms with Crippen molar-refractivity contribution in [3.05, 3.63) is 46.5 Å². The fourth-order valence-corrected chi connectivity index (χ4v) is 4.61. The number of phenols is 2. The lowest BCUT2D eigenvalue weighted by atomic mass is 9.75. The van der Waals surface area contributed by atoms with Crippen molar-refractivity contribution in [3.63, 3.8) is 0 Å². The van der Waals surface area contributed by atoms with E-state index < -0.39 is 0 Å². The highest BCUT2D eigenvalue weighted by molar-refractivity contribution is 5.66. The summed E-state index contributed by atoms with van der Waals surface area (Å²) in [6.07, 6.45) is 3.40. The predicted octanol–water partition coefficient (Wildman–Crippen LogP) is 3.29. The SMILES string of the molecule is COc1ccc(O)c2c1CCC21CCc2c(OC)ccc(O)c21. The zero-order valence-corrected chi connectivity index (χ0v) is 13.3. The Morgan fingerprint density at radius 3 is 1.61 bits per heavy atom. The Morgan fingerprint density at radius 1 is 0.783 bits per heavy atom. The molecule has 0 aromatic heterocycles. The normalized spacial score (nSPS) is 17.1. The van der Waals surface area contributed by atoms with Crippen molar-refractivity contribution in [2.75, 3.05) is 14.2 Å². The molecule has 2 aliphatic carbocycles. The molecular formula is C19H20O4. The first-order chi connectivity index (χ1) is 11.1. The number of hydrogen-bond acceptors (Lipinski definition) is 4. The smallest absolute Gasteiger partial charge is 0.122 e. The van der Waals surface area contributed by atoms with Crippen LogP contribution in [0.1, 0.15) is 35.1 Å². The number of rotatable bonds is 2. The Morgan fingerprint density at radius 2 is 1.22 bits per heavy atom. The molecule has 0 heterocycles. The highest BCUT2D eigenvalue weighted by atomic mass is 16.5. The third kappa shape index (κ3) is 1.72. The largest absolute Gasteiger partial charge is 0.508 e. The average Bonchev–Trinajstić information content (AvgIpc) is 3.13. The van der Waals surface area contributed by atoms with E-state index in [2.05, 4.69) is 0 Å². The van der Waals surface area contributed by atoms with Crippen LogP contribution in [0.15, 0.2) is 24.3 Å². The van der Waals surface area contributed by atoms with E-state index in [0.717, 1.165) is 59.4 Å². The number of aromatic hydroxyl groups is 2. The van der Waals surface area contributed by atoms with Gasteiger partial charge in [0.15, 0.2) is 0 Å². The molecule has 0 fully saturated rings. The Kier molecular flexibility index (Phi) is 2.98. The Balaban J connectivity index is 2.01. The minimum atomic E-state index is -0.345. The third-order valence-electron chi connectivity index (χ3n) is 5.50. The minimum Gasteiger partial charge on any atom is -0.508 e. The molecule has 0 saturated carbocycles. The first-order valence-corrected chi connectivity index (χ1v) is 7.91. The molecule has 0 bridgehead atoms. The van der Waals surface area contributed by atoms with Crippen molar-refractivity contribution in [1.29, 1.82) is 0 Å². The summed E-state index contributed by atoms with van der Waals surface area (Å²) in [4.78, 5) is 0. The summed E-state index contributed by atoms with van der Waals surface area (Å²) in [5.41, 5.74) is 3.60. The van der Waals surface area contributed by atoms with Gasteiger partial charge in [-0.2, -0.15) is 0 Å². The van der Waals surface area contributed by atoms with Crippen LogP contribution in [0, 0.1) is 0 Å². The zero-order chi connectivity index (χ0) is 16.2. The molecule has 2 aromatic carbocycles. The summed E-state index contributed by atoms with van der Waals surface area (Å²) in [7, 11) is 3.31. The molecule has 120 valence electrons. The van der Waals surface area contributed by atoms with Gasteiger partial charge >= 0.3 is 0 Å². The first kappa shape index (κ1) is 14.2. The van der Waals surface area contributed by atoms with E-state index in [1.165, 1.54) is 0 Å². The van der Waals surface area contributed by atoms with Crippen molar-refractivity contribution < 1.29 is 19.7 Å². The second kappa shape index (κ2) is 4.82. The van der Waals surface area contributed by atoms with Crippen molar-refractivity contribution in [2.45, 2.75) is 31.1 Å². The Labute approximate surface area is 135 Å². The average molecular weight is 312 g/mol. The van der Waals surface area contributed by atoms with Crippen molar-refractivity contribution in [3.8, 4) is 23.0 Å². The monoisotopic (exact) mass is 312 g/mol. The zero-order valence-electron chi connectivity index (χ0n) is 13.3. The van der Waals surface area contributed by atoms with Crippen LogP contribution in [-0.4, -0.2) is 24.4 Å². The summed E-state index contributed by atoms with van der Waals surface area (Å²) >= 11 is 0. The molecule has 4 heteroatoms. The van der Waals surface area contributed by atoms with Crippen LogP contribution in [-0.2, 0) is 18.3 Å². The van der Waals surface area contributed by atoms with Crippen LogP contribution < -0.4 is 9.47 Å². The van der Waals surface area contributed by atoms with E-state index in [9.17, 15) is 10.2 Å². The molecule has 2 aliphatic rings. The number of hydrogen-bond donors (Lipinski definition) is 2. The van der Waals surface area contributed by atoms with E-state index in [-0.39, 0.29) is 16.9 Å². The molecule has 4 nitrogen and oxygen atoms in total. The van der Waals surface area contributed by atoms with Crippen LogP contribution in [0.2, 0.25) is 0 Å². The summed E-state index contributed by atoms with van der Waals surface area (Å²) in [6.45, 7) is 0. The van der Waals surface area contributed by atoms with E-state index in [1.54, 1.807) is 26.4 Å². The highest BCUT2D eigenvalue weighted by Gasteiger charge is 2.49. The lowest BCUT2D eigenvalue weighted by Crippen LogP contribution is -2.21. The van der Waals surface area contributed by atoms with E-state index in [0.29, 0.717) is 0 Å². The number of ether oxygens (including phenoxy) is 2. The Bertz CT molecular complexity index is 727. The first-order valence-electron chi connectivity index (χ1n) is 7.91. The molecule has 0 atom stereocenters. The van der Waals surface area contributed by atoms with Gasteiger partial charge in [0.05, 0.1) is 14.2 Å². The molecule has 1 spiro atoms. The van der Waals surface area contributed by atoms with Gasteiger partial charge in [0.2, 0.25) is 0 Å². The lowest BCUT2D eigenvalue weighted by Gasteiger charge is -2.28. The van der Waals surface area contributed by atoms with Crippen LogP contribution in [0.4, 0.5) is 0 Å². The van der Waals surface area contributed by atoms with Crippen molar-refractivity contribution >= 4 is 0 Å². The molecule has 2 N–H and O–H groups in total. The molecule has 4 rings (SSSR count). The Hall–Kier alpha value is -2.36. The van der Waals surface area contributed by atoms with Gasteiger partial charge in [-0.3, -0.25) is 0 Å². The van der Waals surface area contributed by atoms with Crippen LogP contribution in [0.5, 0.6) is 23.0 Å². The summed E-state index contributed by atoms with van der Waals surface area (Å²) in [5, 5.41) is 21.1. The molecule has 2 aromatic rings. The van der Waals surface area contributed by atoms with Gasteiger partial charge in [0.1, 0.15) is 23.0 Å². The topological polar surface area (TPSA) is 58.9 Å². The number of methoxy groups -OCH3 is 2. The number of phenolic OH excluding ortho intramolecular Hbond substituents is 2. The summed E-state index contributed by atoms with van der Waals surface area (Å²) in [5.74, 6) is 2.19. The van der Waals surface area contributed by atoms with Gasteiger partial charge in [-0.15, -0.1) is 0 Å². The van der Waals surface area contributed by atoms with Crippen LogP contribution >= 0.6 is 0 Å². The van der Waals surface area contributed by atoms with Gasteiger partial charge in [-0.1, -0.05) is 0 Å². The second-order valence-electron chi connectivity index (χ2n) is 6.36. The molecular weight excluding hydrogens is 292 g/mol. The lowest BCUT2D eigenvalue weighted by molar-refractivity contribution is 0.402. The van der Waals surface area contributed by atoms with Crippen LogP contribution in [0.25, 0.3) is 0 Å². The maximum absolute atomic E-state index is 10.6. The molecule has 0 saturated heterocycles. The molecule has 0 aliphatic heterocycles. The molecule has 0 radical (unpaired) electrons. The number of fused-ring (bicyclic) bond motifs is 4. The maximum Gasteiger partial charge on any atom is 0.122 e. The quantitative estimate of drug-likeness (QED) is 0.893. The second-order valence-corrected chi connectivity index (χ2v) is 6.36. The van der Waals surface area contributed by atoms with E-state index >= 15 is 0 Å². The summed E-state index contributed by atoms with van der Waals surface area (Å²) < 4.78 is 11.0. The molecule has 23 heavy (non-hydrogen) atoms.